The lowest BCUT2D eigenvalue weighted by Crippen LogP contribution is -3.27. The van der Waals surface area contributed by atoms with Gasteiger partial charge in [0.1, 0.15) is 44.2 Å². The van der Waals surface area contributed by atoms with Gasteiger partial charge in [-0.2, -0.15) is 0 Å². The number of piperazine rings is 1. The van der Waals surface area contributed by atoms with Crippen LogP contribution in [0, 0.1) is 0 Å². The number of ether oxygens (including phenoxy) is 1. The Morgan fingerprint density at radius 1 is 0.913 bits per heavy atom. The van der Waals surface area contributed by atoms with Crippen LogP contribution >= 0.6 is 11.6 Å². The fourth-order valence-electron chi connectivity index (χ4n) is 3.13. The van der Waals surface area contributed by atoms with Gasteiger partial charge in [-0.1, -0.05) is 23.7 Å². The van der Waals surface area contributed by atoms with Crippen LogP contribution in [0.2, 0.25) is 5.02 Å². The van der Waals surface area contributed by atoms with Crippen molar-refractivity contribution in [2.24, 2.45) is 0 Å². The maximum Gasteiger partial charge on any atom is 0.127 e. The van der Waals surface area contributed by atoms with Gasteiger partial charge in [0.2, 0.25) is 0 Å². The minimum absolute atomic E-state index is 0.725. The minimum atomic E-state index is 0.725. The zero-order valence-electron chi connectivity index (χ0n) is 13.6. The third-order valence-corrected chi connectivity index (χ3v) is 4.82. The number of rotatable bonds is 5. The van der Waals surface area contributed by atoms with Crippen molar-refractivity contribution in [2.45, 2.75) is 13.5 Å². The molecule has 3 rings (SSSR count). The second-order valence-electron chi connectivity index (χ2n) is 6.23. The lowest BCUT2D eigenvalue weighted by atomic mass is 10.2. The summed E-state index contributed by atoms with van der Waals surface area (Å²) in [5.74, 6) is 1.71. The van der Waals surface area contributed by atoms with Gasteiger partial charge in [0.15, 0.2) is 0 Å². The Morgan fingerprint density at radius 2 is 1.61 bits per heavy atom. The molecule has 2 aromatic carbocycles. The normalized spacial score (nSPS) is 21.1. The van der Waals surface area contributed by atoms with Crippen molar-refractivity contribution in [2.75, 3.05) is 32.7 Å². The summed E-state index contributed by atoms with van der Waals surface area (Å²) in [7, 11) is 0. The van der Waals surface area contributed by atoms with Gasteiger partial charge in [-0.25, -0.2) is 0 Å². The first-order chi connectivity index (χ1) is 11.2. The molecular weight excluding hydrogens is 308 g/mol. The van der Waals surface area contributed by atoms with E-state index in [1.807, 2.05) is 30.3 Å². The van der Waals surface area contributed by atoms with E-state index in [0.717, 1.165) is 23.1 Å². The molecule has 2 N–H and O–H groups in total. The van der Waals surface area contributed by atoms with Crippen LogP contribution in [0.25, 0.3) is 0 Å². The Kier molecular flexibility index (Phi) is 5.55. The number of benzene rings is 2. The monoisotopic (exact) mass is 332 g/mol. The molecule has 1 heterocycles. The molecule has 0 saturated carbocycles. The number of hydrogen-bond donors (Lipinski definition) is 2. The largest absolute Gasteiger partial charge is 0.457 e. The van der Waals surface area contributed by atoms with Crippen molar-refractivity contribution in [3.63, 3.8) is 0 Å². The van der Waals surface area contributed by atoms with E-state index in [1.54, 1.807) is 9.80 Å². The molecule has 0 unspecified atom stereocenters. The summed E-state index contributed by atoms with van der Waals surface area (Å²) in [4.78, 5) is 3.40. The number of likely N-dealkylation sites (N-methyl/N-ethyl adjacent to an activating group) is 1. The van der Waals surface area contributed by atoms with Crippen molar-refractivity contribution in [1.29, 1.82) is 0 Å². The number of hydrogen-bond acceptors (Lipinski definition) is 1. The maximum atomic E-state index is 5.93. The molecule has 23 heavy (non-hydrogen) atoms. The Morgan fingerprint density at radius 3 is 2.30 bits per heavy atom. The highest BCUT2D eigenvalue weighted by atomic mass is 35.5. The smallest absolute Gasteiger partial charge is 0.127 e. The Labute approximate surface area is 143 Å². The van der Waals surface area contributed by atoms with Crippen LogP contribution in [0.1, 0.15) is 12.5 Å². The first-order valence-electron chi connectivity index (χ1n) is 8.42. The predicted octanol–water partition coefficient (Wildman–Crippen LogP) is 1.44. The molecule has 122 valence electrons. The number of halogens is 1. The van der Waals surface area contributed by atoms with Gasteiger partial charge < -0.3 is 14.5 Å². The third-order valence-electron chi connectivity index (χ3n) is 4.57. The van der Waals surface area contributed by atoms with Gasteiger partial charge in [-0.05, 0) is 43.3 Å². The molecule has 2 aromatic rings. The second kappa shape index (κ2) is 7.82. The fourth-order valence-corrected chi connectivity index (χ4v) is 3.26. The van der Waals surface area contributed by atoms with Crippen molar-refractivity contribution in [3.05, 3.63) is 59.1 Å². The molecule has 0 spiro atoms. The predicted molar refractivity (Wildman–Crippen MR) is 93.6 cm³/mol. The third kappa shape index (κ3) is 4.71. The molecule has 1 aliphatic heterocycles. The summed E-state index contributed by atoms with van der Waals surface area (Å²) in [6.07, 6.45) is 0. The first kappa shape index (κ1) is 16.3. The van der Waals surface area contributed by atoms with Gasteiger partial charge in [0.25, 0.3) is 0 Å². The average Bonchev–Trinajstić information content (AvgIpc) is 2.58. The molecule has 1 fully saturated rings. The zero-order valence-corrected chi connectivity index (χ0v) is 14.4. The number of quaternary nitrogens is 2. The molecule has 4 heteroatoms. The van der Waals surface area contributed by atoms with E-state index in [4.69, 9.17) is 16.3 Å². The molecule has 0 aromatic heterocycles. The van der Waals surface area contributed by atoms with Crippen molar-refractivity contribution < 1.29 is 14.5 Å². The van der Waals surface area contributed by atoms with Gasteiger partial charge in [-0.15, -0.1) is 0 Å². The molecule has 0 bridgehead atoms. The van der Waals surface area contributed by atoms with Crippen molar-refractivity contribution in [3.8, 4) is 11.5 Å². The molecule has 3 nitrogen and oxygen atoms in total. The Bertz CT molecular complexity index is 622. The van der Waals surface area contributed by atoms with E-state index < -0.39 is 0 Å². The van der Waals surface area contributed by atoms with Gasteiger partial charge in [-0.3, -0.25) is 0 Å². The van der Waals surface area contributed by atoms with E-state index in [-0.39, 0.29) is 0 Å². The highest BCUT2D eigenvalue weighted by Gasteiger charge is 2.21. The van der Waals surface area contributed by atoms with Crippen molar-refractivity contribution in [1.82, 2.24) is 0 Å². The van der Waals surface area contributed by atoms with E-state index >= 15 is 0 Å². The highest BCUT2D eigenvalue weighted by Crippen LogP contribution is 2.23. The summed E-state index contributed by atoms with van der Waals surface area (Å²) in [5, 5.41) is 0.725. The molecule has 0 aliphatic carbocycles. The topological polar surface area (TPSA) is 18.1 Å². The Hall–Kier alpha value is -1.55. The van der Waals surface area contributed by atoms with Crippen LogP contribution in [-0.2, 0) is 6.54 Å². The molecular formula is C19H25ClN2O+2. The van der Waals surface area contributed by atoms with Crippen LogP contribution in [0.4, 0.5) is 0 Å². The molecule has 0 atom stereocenters. The lowest BCUT2D eigenvalue weighted by molar-refractivity contribution is -1.02. The van der Waals surface area contributed by atoms with Gasteiger partial charge >= 0.3 is 0 Å². The molecule has 0 amide bonds. The van der Waals surface area contributed by atoms with E-state index in [0.29, 0.717) is 0 Å². The Balaban J connectivity index is 1.60. The molecule has 1 saturated heterocycles. The average molecular weight is 333 g/mol. The summed E-state index contributed by atoms with van der Waals surface area (Å²) in [6.45, 7) is 9.68. The summed E-state index contributed by atoms with van der Waals surface area (Å²) in [6, 6.07) is 15.9. The lowest BCUT2D eigenvalue weighted by Gasteiger charge is -2.29. The summed E-state index contributed by atoms with van der Waals surface area (Å²) in [5.41, 5.74) is 1.34. The van der Waals surface area contributed by atoms with Crippen LogP contribution in [0.5, 0.6) is 11.5 Å². The highest BCUT2D eigenvalue weighted by molar-refractivity contribution is 6.30. The number of nitrogens with one attached hydrogen (secondary N) is 2. The second-order valence-corrected chi connectivity index (χ2v) is 6.67. The van der Waals surface area contributed by atoms with E-state index in [9.17, 15) is 0 Å². The minimum Gasteiger partial charge on any atom is -0.457 e. The first-order valence-corrected chi connectivity index (χ1v) is 8.80. The summed E-state index contributed by atoms with van der Waals surface area (Å²) < 4.78 is 5.93. The van der Waals surface area contributed by atoms with Crippen LogP contribution in [-0.4, -0.2) is 32.7 Å². The van der Waals surface area contributed by atoms with Crippen LogP contribution in [0.15, 0.2) is 48.5 Å². The molecule has 1 aliphatic rings. The van der Waals surface area contributed by atoms with Crippen molar-refractivity contribution >= 4 is 11.6 Å². The SMILES string of the molecule is CC[NH+]1CC[NH+](Cc2cccc(Oc3ccc(Cl)cc3)c2)CC1. The molecule has 0 radical (unpaired) electrons. The maximum absolute atomic E-state index is 5.93. The standard InChI is InChI=1S/C19H23ClN2O/c1-2-21-10-12-22(13-11-21)15-16-4-3-5-19(14-16)23-18-8-6-17(20)7-9-18/h3-9,14H,2,10-13,15H2,1H3/p+2. The fraction of sp³-hybridized carbons (Fsp3) is 0.368. The van der Waals surface area contributed by atoms with Crippen LogP contribution in [0.3, 0.4) is 0 Å². The summed E-state index contributed by atoms with van der Waals surface area (Å²) >= 11 is 5.91. The van der Waals surface area contributed by atoms with E-state index in [2.05, 4.69) is 25.1 Å². The van der Waals surface area contributed by atoms with Gasteiger partial charge in [0, 0.05) is 10.6 Å². The quantitative estimate of drug-likeness (QED) is 0.848. The van der Waals surface area contributed by atoms with E-state index in [1.165, 1.54) is 38.3 Å². The zero-order chi connectivity index (χ0) is 16.1. The van der Waals surface area contributed by atoms with Gasteiger partial charge in [0.05, 0.1) is 6.54 Å². The van der Waals surface area contributed by atoms with Crippen LogP contribution < -0.4 is 14.5 Å².